The predicted octanol–water partition coefficient (Wildman–Crippen LogP) is 2.08. The first-order chi connectivity index (χ1) is 9.04. The van der Waals surface area contributed by atoms with Gasteiger partial charge in [-0.05, 0) is 31.5 Å². The second kappa shape index (κ2) is 5.09. The zero-order chi connectivity index (χ0) is 14.0. The number of aromatic nitrogens is 2. The number of rotatable bonds is 3. The maximum Gasteiger partial charge on any atom is 0.360 e. The minimum Gasteiger partial charge on any atom is -0.461 e. The molecule has 0 unspecified atom stereocenters. The number of halogens is 1. The zero-order valence-corrected chi connectivity index (χ0v) is 10.7. The van der Waals surface area contributed by atoms with E-state index < -0.39 is 11.8 Å². The first-order valence-corrected chi connectivity index (χ1v) is 5.81. The fraction of sp³-hybridized carbons (Fsp3) is 0.231. The molecule has 2 rings (SSSR count). The summed E-state index contributed by atoms with van der Waals surface area (Å²) in [4.78, 5) is 15.5. The fourth-order valence-corrected chi connectivity index (χ4v) is 1.71. The van der Waals surface area contributed by atoms with Crippen LogP contribution in [0.15, 0.2) is 24.5 Å². The summed E-state index contributed by atoms with van der Waals surface area (Å²) < 4.78 is 19.9. The van der Waals surface area contributed by atoms with Crippen molar-refractivity contribution in [1.82, 2.24) is 9.55 Å². The molecule has 0 aliphatic carbocycles. The quantitative estimate of drug-likeness (QED) is 0.861. The molecule has 6 heteroatoms. The zero-order valence-electron chi connectivity index (χ0n) is 10.7. The molecule has 2 aromatic rings. The van der Waals surface area contributed by atoms with Gasteiger partial charge >= 0.3 is 5.97 Å². The molecule has 0 aliphatic heterocycles. The minimum absolute atomic E-state index is 0.0113. The number of carbonyl (C=O) groups excluding carboxylic acids is 1. The maximum absolute atomic E-state index is 13.8. The van der Waals surface area contributed by atoms with E-state index in [2.05, 4.69) is 4.98 Å². The standard InChI is InChI=1S/C13H14FN3O2/c1-3-19-13(18)11-12(15)17(7-16-11)10-6-8(2)4-5-9(10)14/h4-7H,3,15H2,1-2H3. The van der Waals surface area contributed by atoms with E-state index in [9.17, 15) is 9.18 Å². The van der Waals surface area contributed by atoms with Crippen LogP contribution < -0.4 is 5.73 Å². The minimum atomic E-state index is -0.619. The Hall–Kier alpha value is -2.37. The van der Waals surface area contributed by atoms with Crippen LogP contribution in [0.3, 0.4) is 0 Å². The number of nitrogen functional groups attached to an aromatic ring is 1. The van der Waals surface area contributed by atoms with Crippen molar-refractivity contribution in [3.8, 4) is 5.69 Å². The number of ether oxygens (including phenoxy) is 1. The molecular formula is C13H14FN3O2. The van der Waals surface area contributed by atoms with E-state index in [0.29, 0.717) is 0 Å². The molecule has 0 saturated carbocycles. The fourth-order valence-electron chi connectivity index (χ4n) is 1.71. The Balaban J connectivity index is 2.47. The molecule has 0 fully saturated rings. The average molecular weight is 263 g/mol. The van der Waals surface area contributed by atoms with Gasteiger partial charge in [-0.1, -0.05) is 6.07 Å². The Morgan fingerprint density at radius 1 is 1.53 bits per heavy atom. The van der Waals surface area contributed by atoms with Crippen molar-refractivity contribution in [3.05, 3.63) is 41.6 Å². The summed E-state index contributed by atoms with van der Waals surface area (Å²) in [6.45, 7) is 3.75. The first kappa shape index (κ1) is 13.1. The van der Waals surface area contributed by atoms with Crippen molar-refractivity contribution in [3.63, 3.8) is 0 Å². The summed E-state index contributed by atoms with van der Waals surface area (Å²) >= 11 is 0. The number of imidazole rings is 1. The smallest absolute Gasteiger partial charge is 0.360 e. The van der Waals surface area contributed by atoms with Crippen LogP contribution in [0.4, 0.5) is 10.2 Å². The second-order valence-electron chi connectivity index (χ2n) is 4.02. The number of carbonyl (C=O) groups is 1. The molecule has 19 heavy (non-hydrogen) atoms. The van der Waals surface area contributed by atoms with Crippen LogP contribution >= 0.6 is 0 Å². The van der Waals surface area contributed by atoms with Gasteiger partial charge < -0.3 is 10.5 Å². The van der Waals surface area contributed by atoms with Crippen LogP contribution in [0.1, 0.15) is 23.0 Å². The van der Waals surface area contributed by atoms with E-state index in [0.717, 1.165) is 5.56 Å². The van der Waals surface area contributed by atoms with Gasteiger partial charge in [-0.2, -0.15) is 0 Å². The van der Waals surface area contributed by atoms with E-state index in [4.69, 9.17) is 10.5 Å². The third-order valence-electron chi connectivity index (χ3n) is 2.63. The van der Waals surface area contributed by atoms with E-state index in [1.807, 2.05) is 6.92 Å². The summed E-state index contributed by atoms with van der Waals surface area (Å²) in [5, 5.41) is 0. The van der Waals surface area contributed by atoms with Gasteiger partial charge in [-0.25, -0.2) is 14.2 Å². The first-order valence-electron chi connectivity index (χ1n) is 5.81. The van der Waals surface area contributed by atoms with Gasteiger partial charge in [0, 0.05) is 0 Å². The largest absolute Gasteiger partial charge is 0.461 e. The Morgan fingerprint density at radius 3 is 2.95 bits per heavy atom. The number of aryl methyl sites for hydroxylation is 1. The van der Waals surface area contributed by atoms with Crippen molar-refractivity contribution in [2.45, 2.75) is 13.8 Å². The Morgan fingerprint density at radius 2 is 2.26 bits per heavy atom. The lowest BCUT2D eigenvalue weighted by atomic mass is 10.2. The molecule has 0 atom stereocenters. The van der Waals surface area contributed by atoms with Gasteiger partial charge in [0.25, 0.3) is 0 Å². The third kappa shape index (κ3) is 2.42. The monoisotopic (exact) mass is 263 g/mol. The van der Waals surface area contributed by atoms with E-state index >= 15 is 0 Å². The van der Waals surface area contributed by atoms with Crippen LogP contribution in [0, 0.1) is 12.7 Å². The highest BCUT2D eigenvalue weighted by molar-refractivity contribution is 5.92. The lowest BCUT2D eigenvalue weighted by Gasteiger charge is -2.07. The van der Waals surface area contributed by atoms with Crippen LogP contribution in [-0.4, -0.2) is 22.1 Å². The molecule has 100 valence electrons. The van der Waals surface area contributed by atoms with Crippen LogP contribution in [0.25, 0.3) is 5.69 Å². The molecule has 0 bridgehead atoms. The molecule has 2 N–H and O–H groups in total. The van der Waals surface area contributed by atoms with Crippen LogP contribution in [-0.2, 0) is 4.74 Å². The van der Waals surface area contributed by atoms with Gasteiger partial charge in [0.1, 0.15) is 18.0 Å². The number of hydrogen-bond acceptors (Lipinski definition) is 4. The predicted molar refractivity (Wildman–Crippen MR) is 68.6 cm³/mol. The molecule has 5 nitrogen and oxygen atoms in total. The number of hydrogen-bond donors (Lipinski definition) is 1. The van der Waals surface area contributed by atoms with Gasteiger partial charge in [-0.3, -0.25) is 4.57 Å². The average Bonchev–Trinajstić information content (AvgIpc) is 2.74. The summed E-state index contributed by atoms with van der Waals surface area (Å²) in [5.74, 6) is -1.00. The Bertz CT molecular complexity index is 622. The van der Waals surface area contributed by atoms with Gasteiger partial charge in [0.2, 0.25) is 0 Å². The summed E-state index contributed by atoms with van der Waals surface area (Å²) in [6.07, 6.45) is 1.30. The normalized spacial score (nSPS) is 10.5. The molecule has 0 aliphatic rings. The van der Waals surface area contributed by atoms with Crippen molar-refractivity contribution < 1.29 is 13.9 Å². The lowest BCUT2D eigenvalue weighted by Crippen LogP contribution is -2.10. The molecular weight excluding hydrogens is 249 g/mol. The number of benzene rings is 1. The molecule has 0 spiro atoms. The van der Waals surface area contributed by atoms with Gasteiger partial charge in [-0.15, -0.1) is 0 Å². The Labute approximate surface area is 109 Å². The van der Waals surface area contributed by atoms with Crippen molar-refractivity contribution in [1.29, 1.82) is 0 Å². The molecule has 1 aromatic heterocycles. The van der Waals surface area contributed by atoms with E-state index in [1.54, 1.807) is 19.1 Å². The highest BCUT2D eigenvalue weighted by Crippen LogP contribution is 2.21. The highest BCUT2D eigenvalue weighted by Gasteiger charge is 2.18. The number of nitrogens with zero attached hydrogens (tertiary/aromatic N) is 2. The van der Waals surface area contributed by atoms with E-state index in [1.165, 1.54) is 17.0 Å². The molecule has 0 radical (unpaired) electrons. The van der Waals surface area contributed by atoms with Gasteiger partial charge in [0.15, 0.2) is 5.69 Å². The molecule has 1 heterocycles. The second-order valence-corrected chi connectivity index (χ2v) is 4.02. The Kier molecular flexibility index (Phi) is 3.50. The molecule has 0 saturated heterocycles. The maximum atomic E-state index is 13.8. The van der Waals surface area contributed by atoms with Crippen LogP contribution in [0.5, 0.6) is 0 Å². The molecule has 0 amide bonds. The SMILES string of the molecule is CCOC(=O)c1ncn(-c2cc(C)ccc2F)c1N. The topological polar surface area (TPSA) is 70.1 Å². The summed E-state index contributed by atoms with van der Waals surface area (Å²) in [5.41, 5.74) is 6.93. The van der Waals surface area contributed by atoms with E-state index in [-0.39, 0.29) is 23.8 Å². The summed E-state index contributed by atoms with van der Waals surface area (Å²) in [7, 11) is 0. The number of esters is 1. The highest BCUT2D eigenvalue weighted by atomic mass is 19.1. The lowest BCUT2D eigenvalue weighted by molar-refractivity contribution is 0.0521. The van der Waals surface area contributed by atoms with Crippen LogP contribution in [0.2, 0.25) is 0 Å². The third-order valence-corrected chi connectivity index (χ3v) is 2.63. The van der Waals surface area contributed by atoms with Crippen molar-refractivity contribution >= 4 is 11.8 Å². The number of anilines is 1. The van der Waals surface area contributed by atoms with Gasteiger partial charge in [0.05, 0.1) is 12.3 Å². The van der Waals surface area contributed by atoms with Crippen molar-refractivity contribution in [2.75, 3.05) is 12.3 Å². The molecule has 1 aromatic carbocycles. The summed E-state index contributed by atoms with van der Waals surface area (Å²) in [6, 6.07) is 4.62. The number of nitrogens with two attached hydrogens (primary N) is 1. The van der Waals surface area contributed by atoms with Crippen molar-refractivity contribution in [2.24, 2.45) is 0 Å².